The minimum Gasteiger partial charge on any atom is -0.355 e. The number of thioether (sulfide) groups is 1. The van der Waals surface area contributed by atoms with Gasteiger partial charge in [0.15, 0.2) is 0 Å². The Hall–Kier alpha value is -0.480. The summed E-state index contributed by atoms with van der Waals surface area (Å²) in [4.78, 5) is 10.5. The Morgan fingerprint density at radius 1 is 1.53 bits per heavy atom. The Bertz CT molecular complexity index is 353. The van der Waals surface area contributed by atoms with E-state index in [1.165, 1.54) is 24.3 Å². The van der Waals surface area contributed by atoms with Crippen LogP contribution in [0, 0.1) is 6.92 Å². The summed E-state index contributed by atoms with van der Waals surface area (Å²) in [6, 6.07) is 0.583. The van der Waals surface area contributed by atoms with Gasteiger partial charge in [-0.2, -0.15) is 11.8 Å². The average molecular weight is 244 g/mol. The molecule has 0 bridgehead atoms. The molecule has 5 heteroatoms. The van der Waals surface area contributed by atoms with Gasteiger partial charge in [-0.3, -0.25) is 0 Å². The second-order valence-corrected chi connectivity index (χ2v) is 5.25. The van der Waals surface area contributed by atoms with E-state index in [9.17, 15) is 0 Å². The van der Waals surface area contributed by atoms with Crippen molar-refractivity contribution < 1.29 is 0 Å². The summed E-state index contributed by atoms with van der Waals surface area (Å²) >= 11 is 7.98. The summed E-state index contributed by atoms with van der Waals surface area (Å²) in [6.07, 6.45) is 2.76. The van der Waals surface area contributed by atoms with Crippen molar-refractivity contribution >= 4 is 29.2 Å². The molecular weight excluding hydrogens is 230 g/mol. The number of hydrogen-bond donors (Lipinski definition) is 0. The third-order valence-electron chi connectivity index (χ3n) is 2.78. The largest absolute Gasteiger partial charge is 0.355 e. The molecule has 0 amide bonds. The first-order chi connectivity index (χ1) is 7.20. The number of halogens is 1. The van der Waals surface area contributed by atoms with Crippen molar-refractivity contribution in [2.24, 2.45) is 0 Å². The van der Waals surface area contributed by atoms with E-state index in [-0.39, 0.29) is 0 Å². The molecule has 15 heavy (non-hydrogen) atoms. The molecule has 0 radical (unpaired) electrons. The Morgan fingerprint density at radius 2 is 2.33 bits per heavy atom. The summed E-state index contributed by atoms with van der Waals surface area (Å²) in [6.45, 7) is 1.97. The topological polar surface area (TPSA) is 29.0 Å². The van der Waals surface area contributed by atoms with Crippen LogP contribution in [-0.4, -0.2) is 34.6 Å². The van der Waals surface area contributed by atoms with Crippen LogP contribution in [-0.2, 0) is 0 Å². The maximum atomic E-state index is 5.98. The first-order valence-corrected chi connectivity index (χ1v) is 6.51. The van der Waals surface area contributed by atoms with Crippen molar-refractivity contribution in [3.63, 3.8) is 0 Å². The number of rotatable bonds is 2. The molecule has 0 N–H and O–H groups in total. The fourth-order valence-corrected chi connectivity index (χ4v) is 3.17. The van der Waals surface area contributed by atoms with Gasteiger partial charge < -0.3 is 4.90 Å². The van der Waals surface area contributed by atoms with Crippen molar-refractivity contribution in [1.29, 1.82) is 0 Å². The first-order valence-electron chi connectivity index (χ1n) is 4.98. The lowest BCUT2D eigenvalue weighted by Gasteiger charge is -2.26. The number of nitrogens with zero attached hydrogens (tertiary/aromatic N) is 3. The fraction of sp³-hybridized carbons (Fsp3) is 0.600. The minimum atomic E-state index is 0.553. The van der Waals surface area contributed by atoms with Gasteiger partial charge in [0.1, 0.15) is 17.3 Å². The summed E-state index contributed by atoms with van der Waals surface area (Å²) < 4.78 is 0. The summed E-state index contributed by atoms with van der Waals surface area (Å²) in [5.41, 5.74) is 0.971. The maximum absolute atomic E-state index is 5.98. The zero-order valence-corrected chi connectivity index (χ0v) is 10.5. The molecule has 0 saturated carbocycles. The SMILES string of the molecule is Cc1c(Cl)ncnc1N(C)C1CCSC1. The van der Waals surface area contributed by atoms with Crippen LogP contribution in [0.3, 0.4) is 0 Å². The van der Waals surface area contributed by atoms with Crippen LogP contribution in [0.5, 0.6) is 0 Å². The minimum absolute atomic E-state index is 0.553. The molecule has 1 unspecified atom stereocenters. The van der Waals surface area contributed by atoms with Crippen LogP contribution in [0.4, 0.5) is 5.82 Å². The molecule has 2 heterocycles. The van der Waals surface area contributed by atoms with Gasteiger partial charge in [0.25, 0.3) is 0 Å². The number of anilines is 1. The Kier molecular flexibility index (Phi) is 3.36. The highest BCUT2D eigenvalue weighted by Crippen LogP contribution is 2.28. The quantitative estimate of drug-likeness (QED) is 0.746. The van der Waals surface area contributed by atoms with Crippen LogP contribution in [0.25, 0.3) is 0 Å². The van der Waals surface area contributed by atoms with Gasteiger partial charge in [0, 0.05) is 24.4 Å². The lowest BCUT2D eigenvalue weighted by atomic mass is 10.2. The lowest BCUT2D eigenvalue weighted by molar-refractivity contribution is 0.688. The van der Waals surface area contributed by atoms with E-state index in [4.69, 9.17) is 11.6 Å². The molecule has 3 nitrogen and oxygen atoms in total. The molecule has 0 spiro atoms. The molecule has 1 atom stereocenters. The molecule has 1 saturated heterocycles. The van der Waals surface area contributed by atoms with Gasteiger partial charge in [-0.05, 0) is 19.1 Å². The molecule has 82 valence electrons. The van der Waals surface area contributed by atoms with Gasteiger partial charge in [-0.1, -0.05) is 11.6 Å². The van der Waals surface area contributed by atoms with Crippen molar-refractivity contribution in [3.05, 3.63) is 17.0 Å². The normalized spacial score (nSPS) is 20.6. The van der Waals surface area contributed by atoms with E-state index in [0.29, 0.717) is 11.2 Å². The molecular formula is C10H14ClN3S. The van der Waals surface area contributed by atoms with Crippen LogP contribution >= 0.6 is 23.4 Å². The molecule has 1 fully saturated rings. The first kappa shape index (κ1) is 11.0. The maximum Gasteiger partial charge on any atom is 0.137 e. The van der Waals surface area contributed by atoms with E-state index in [1.807, 2.05) is 18.7 Å². The Labute approximate surface area is 99.2 Å². The predicted octanol–water partition coefficient (Wildman–Crippen LogP) is 2.38. The molecule has 0 aliphatic carbocycles. The standard InChI is InChI=1S/C10H14ClN3S/c1-7-9(11)12-6-13-10(7)14(2)8-3-4-15-5-8/h6,8H,3-5H2,1-2H3. The van der Waals surface area contributed by atoms with Crippen molar-refractivity contribution in [2.45, 2.75) is 19.4 Å². The Balaban J connectivity index is 2.24. The third-order valence-corrected chi connectivity index (χ3v) is 4.31. The molecule has 2 rings (SSSR count). The highest BCUT2D eigenvalue weighted by Gasteiger charge is 2.22. The number of aromatic nitrogens is 2. The fourth-order valence-electron chi connectivity index (χ4n) is 1.78. The lowest BCUT2D eigenvalue weighted by Crippen LogP contribution is -2.32. The van der Waals surface area contributed by atoms with E-state index >= 15 is 0 Å². The molecule has 1 aliphatic heterocycles. The Morgan fingerprint density at radius 3 is 3.00 bits per heavy atom. The zero-order chi connectivity index (χ0) is 10.8. The third kappa shape index (κ3) is 2.21. The van der Waals surface area contributed by atoms with Crippen molar-refractivity contribution in [2.75, 3.05) is 23.5 Å². The van der Waals surface area contributed by atoms with Gasteiger partial charge in [0.2, 0.25) is 0 Å². The van der Waals surface area contributed by atoms with E-state index in [1.54, 1.807) is 0 Å². The van der Waals surface area contributed by atoms with E-state index < -0.39 is 0 Å². The second kappa shape index (κ2) is 4.58. The van der Waals surface area contributed by atoms with Crippen molar-refractivity contribution in [1.82, 2.24) is 9.97 Å². The summed E-state index contributed by atoms with van der Waals surface area (Å²) in [7, 11) is 2.09. The van der Waals surface area contributed by atoms with Gasteiger partial charge >= 0.3 is 0 Å². The van der Waals surface area contributed by atoms with Crippen molar-refractivity contribution in [3.8, 4) is 0 Å². The number of hydrogen-bond acceptors (Lipinski definition) is 4. The predicted molar refractivity (Wildman–Crippen MR) is 65.9 cm³/mol. The van der Waals surface area contributed by atoms with Crippen LogP contribution < -0.4 is 4.90 Å². The van der Waals surface area contributed by atoms with Gasteiger partial charge in [-0.25, -0.2) is 9.97 Å². The van der Waals surface area contributed by atoms with E-state index in [2.05, 4.69) is 21.9 Å². The molecule has 0 aromatic carbocycles. The van der Waals surface area contributed by atoms with Gasteiger partial charge in [-0.15, -0.1) is 0 Å². The summed E-state index contributed by atoms with van der Waals surface area (Å²) in [5.74, 6) is 3.38. The second-order valence-electron chi connectivity index (χ2n) is 3.74. The van der Waals surface area contributed by atoms with E-state index in [0.717, 1.165) is 11.4 Å². The smallest absolute Gasteiger partial charge is 0.137 e. The summed E-state index contributed by atoms with van der Waals surface area (Å²) in [5, 5.41) is 0.553. The van der Waals surface area contributed by atoms with Crippen LogP contribution in [0.2, 0.25) is 5.15 Å². The zero-order valence-electron chi connectivity index (χ0n) is 8.90. The highest BCUT2D eigenvalue weighted by molar-refractivity contribution is 7.99. The molecule has 1 aliphatic rings. The highest BCUT2D eigenvalue weighted by atomic mass is 35.5. The van der Waals surface area contributed by atoms with Crippen LogP contribution in [0.15, 0.2) is 6.33 Å². The average Bonchev–Trinajstić information content (AvgIpc) is 2.74. The molecule has 1 aromatic rings. The van der Waals surface area contributed by atoms with Gasteiger partial charge in [0.05, 0.1) is 0 Å². The molecule has 1 aromatic heterocycles. The monoisotopic (exact) mass is 243 g/mol. The van der Waals surface area contributed by atoms with Crippen LogP contribution in [0.1, 0.15) is 12.0 Å².